The van der Waals surface area contributed by atoms with Gasteiger partial charge in [-0.05, 0) is 12.1 Å². The van der Waals surface area contributed by atoms with E-state index in [2.05, 4.69) is 22.9 Å². The molecule has 1 N–H and O–H groups in total. The second-order valence-corrected chi connectivity index (χ2v) is 2.99. The first kappa shape index (κ1) is 10.8. The fraction of sp³-hybridized carbons (Fsp3) is 0.333. The molecule has 0 aliphatic carbocycles. The van der Waals surface area contributed by atoms with Crippen molar-refractivity contribution in [2.75, 3.05) is 19.4 Å². The van der Waals surface area contributed by atoms with Crippen LogP contribution in [-0.2, 0) is 0 Å². The SMILES string of the molecule is COc1ncccc1C(=O)NCCS. The summed E-state index contributed by atoms with van der Waals surface area (Å²) in [6.07, 6.45) is 1.58. The smallest absolute Gasteiger partial charge is 0.256 e. The molecular weight excluding hydrogens is 200 g/mol. The molecule has 14 heavy (non-hydrogen) atoms. The molecule has 0 saturated carbocycles. The van der Waals surface area contributed by atoms with E-state index in [1.807, 2.05) is 0 Å². The van der Waals surface area contributed by atoms with Crippen LogP contribution in [0.4, 0.5) is 0 Å². The summed E-state index contributed by atoms with van der Waals surface area (Å²) < 4.78 is 4.96. The quantitative estimate of drug-likeness (QED) is 0.724. The van der Waals surface area contributed by atoms with Crippen LogP contribution in [0.1, 0.15) is 10.4 Å². The van der Waals surface area contributed by atoms with Gasteiger partial charge >= 0.3 is 0 Å². The van der Waals surface area contributed by atoms with Gasteiger partial charge in [0.25, 0.3) is 5.91 Å². The van der Waals surface area contributed by atoms with Crippen LogP contribution in [0, 0.1) is 0 Å². The van der Waals surface area contributed by atoms with Crippen molar-refractivity contribution in [3.05, 3.63) is 23.9 Å². The zero-order valence-electron chi connectivity index (χ0n) is 7.86. The minimum atomic E-state index is -0.191. The molecule has 1 aromatic heterocycles. The van der Waals surface area contributed by atoms with Crippen LogP contribution in [0.2, 0.25) is 0 Å². The molecule has 0 aliphatic heterocycles. The van der Waals surface area contributed by atoms with Gasteiger partial charge in [0, 0.05) is 18.5 Å². The lowest BCUT2D eigenvalue weighted by atomic mass is 10.2. The topological polar surface area (TPSA) is 51.2 Å². The maximum atomic E-state index is 11.5. The van der Waals surface area contributed by atoms with E-state index in [0.29, 0.717) is 23.7 Å². The first-order valence-corrected chi connectivity index (χ1v) is 4.81. The Labute approximate surface area is 88.1 Å². The second-order valence-electron chi connectivity index (χ2n) is 2.54. The van der Waals surface area contributed by atoms with Gasteiger partial charge in [0.1, 0.15) is 5.56 Å². The number of amides is 1. The van der Waals surface area contributed by atoms with Crippen LogP contribution in [0.25, 0.3) is 0 Å². The largest absolute Gasteiger partial charge is 0.480 e. The highest BCUT2D eigenvalue weighted by Gasteiger charge is 2.11. The van der Waals surface area contributed by atoms with E-state index < -0.39 is 0 Å². The molecule has 76 valence electrons. The van der Waals surface area contributed by atoms with Crippen LogP contribution in [-0.4, -0.2) is 30.3 Å². The predicted octanol–water partition coefficient (Wildman–Crippen LogP) is 0.750. The van der Waals surface area contributed by atoms with E-state index in [0.717, 1.165) is 0 Å². The number of aromatic nitrogens is 1. The molecule has 1 amide bonds. The third kappa shape index (κ3) is 2.63. The maximum Gasteiger partial charge on any atom is 0.256 e. The molecule has 0 radical (unpaired) electrons. The molecule has 0 bridgehead atoms. The number of hydrogen-bond donors (Lipinski definition) is 2. The van der Waals surface area contributed by atoms with Crippen LogP contribution in [0.3, 0.4) is 0 Å². The summed E-state index contributed by atoms with van der Waals surface area (Å²) >= 11 is 3.99. The average molecular weight is 212 g/mol. The lowest BCUT2D eigenvalue weighted by Gasteiger charge is -2.06. The Morgan fingerprint density at radius 1 is 1.71 bits per heavy atom. The third-order valence-corrected chi connectivity index (χ3v) is 1.83. The Balaban J connectivity index is 2.78. The molecule has 0 atom stereocenters. The summed E-state index contributed by atoms with van der Waals surface area (Å²) in [6, 6.07) is 3.36. The molecule has 1 heterocycles. The minimum absolute atomic E-state index is 0.191. The fourth-order valence-corrected chi connectivity index (χ4v) is 1.10. The standard InChI is InChI=1S/C9H12N2O2S/c1-13-9-7(3-2-4-11-9)8(12)10-5-6-14/h2-4,14H,5-6H2,1H3,(H,10,12). The summed E-state index contributed by atoms with van der Waals surface area (Å²) in [7, 11) is 1.48. The van der Waals surface area contributed by atoms with Crippen LogP contribution in [0.15, 0.2) is 18.3 Å². The van der Waals surface area contributed by atoms with Crippen molar-refractivity contribution in [1.82, 2.24) is 10.3 Å². The van der Waals surface area contributed by atoms with Gasteiger partial charge in [-0.2, -0.15) is 12.6 Å². The van der Waals surface area contributed by atoms with E-state index >= 15 is 0 Å². The van der Waals surface area contributed by atoms with E-state index in [1.54, 1.807) is 18.3 Å². The molecule has 1 aromatic rings. The Morgan fingerprint density at radius 3 is 3.14 bits per heavy atom. The normalized spacial score (nSPS) is 9.57. The molecular formula is C9H12N2O2S. The number of pyridine rings is 1. The zero-order chi connectivity index (χ0) is 10.4. The number of ether oxygens (including phenoxy) is 1. The van der Waals surface area contributed by atoms with Crippen molar-refractivity contribution in [2.45, 2.75) is 0 Å². The number of carbonyl (C=O) groups excluding carboxylic acids is 1. The lowest BCUT2D eigenvalue weighted by molar-refractivity contribution is 0.0952. The number of rotatable bonds is 4. The summed E-state index contributed by atoms with van der Waals surface area (Å²) in [4.78, 5) is 15.4. The van der Waals surface area contributed by atoms with Gasteiger partial charge in [-0.15, -0.1) is 0 Å². The Bertz CT molecular complexity index is 317. The molecule has 5 heteroatoms. The molecule has 1 rings (SSSR count). The van der Waals surface area contributed by atoms with Gasteiger partial charge in [-0.1, -0.05) is 0 Å². The lowest BCUT2D eigenvalue weighted by Crippen LogP contribution is -2.25. The summed E-state index contributed by atoms with van der Waals surface area (Å²) in [5.41, 5.74) is 0.441. The predicted molar refractivity (Wildman–Crippen MR) is 57.0 cm³/mol. The van der Waals surface area contributed by atoms with Gasteiger partial charge in [0.05, 0.1) is 7.11 Å². The van der Waals surface area contributed by atoms with E-state index in [9.17, 15) is 4.79 Å². The summed E-state index contributed by atoms with van der Waals surface area (Å²) in [6.45, 7) is 0.528. The monoisotopic (exact) mass is 212 g/mol. The van der Waals surface area contributed by atoms with E-state index in [1.165, 1.54) is 7.11 Å². The maximum absolute atomic E-state index is 11.5. The molecule has 0 unspecified atom stereocenters. The highest BCUT2D eigenvalue weighted by molar-refractivity contribution is 7.80. The van der Waals surface area contributed by atoms with Crippen molar-refractivity contribution < 1.29 is 9.53 Å². The summed E-state index contributed by atoms with van der Waals surface area (Å²) in [5, 5.41) is 2.69. The van der Waals surface area contributed by atoms with Crippen LogP contribution >= 0.6 is 12.6 Å². The van der Waals surface area contributed by atoms with Crippen molar-refractivity contribution in [3.63, 3.8) is 0 Å². The highest BCUT2D eigenvalue weighted by Crippen LogP contribution is 2.12. The van der Waals surface area contributed by atoms with Gasteiger partial charge in [0.15, 0.2) is 0 Å². The van der Waals surface area contributed by atoms with Crippen molar-refractivity contribution in [2.24, 2.45) is 0 Å². The number of carbonyl (C=O) groups is 1. The number of nitrogens with zero attached hydrogens (tertiary/aromatic N) is 1. The number of methoxy groups -OCH3 is 1. The zero-order valence-corrected chi connectivity index (χ0v) is 8.75. The summed E-state index contributed by atoms with van der Waals surface area (Å²) in [5.74, 6) is 0.752. The van der Waals surface area contributed by atoms with E-state index in [4.69, 9.17) is 4.74 Å². The Hall–Kier alpha value is -1.23. The van der Waals surface area contributed by atoms with Gasteiger partial charge in [0.2, 0.25) is 5.88 Å². The third-order valence-electron chi connectivity index (χ3n) is 1.61. The molecule has 0 fully saturated rings. The first-order chi connectivity index (χ1) is 6.79. The number of thiol groups is 1. The Morgan fingerprint density at radius 2 is 2.50 bits per heavy atom. The molecule has 0 aromatic carbocycles. The van der Waals surface area contributed by atoms with Gasteiger partial charge in [-0.3, -0.25) is 4.79 Å². The molecule has 0 spiro atoms. The van der Waals surface area contributed by atoms with Gasteiger partial charge < -0.3 is 10.1 Å². The average Bonchev–Trinajstić information content (AvgIpc) is 2.25. The molecule has 0 aliphatic rings. The van der Waals surface area contributed by atoms with Crippen LogP contribution < -0.4 is 10.1 Å². The van der Waals surface area contributed by atoms with Crippen molar-refractivity contribution in [1.29, 1.82) is 0 Å². The Kier molecular flexibility index (Phi) is 4.25. The van der Waals surface area contributed by atoms with Crippen molar-refractivity contribution in [3.8, 4) is 5.88 Å². The number of nitrogens with one attached hydrogen (secondary N) is 1. The van der Waals surface area contributed by atoms with Crippen LogP contribution in [0.5, 0.6) is 5.88 Å². The molecule has 0 saturated heterocycles. The fourth-order valence-electron chi connectivity index (χ4n) is 0.991. The van der Waals surface area contributed by atoms with Gasteiger partial charge in [-0.25, -0.2) is 4.98 Å². The number of hydrogen-bond acceptors (Lipinski definition) is 4. The molecule has 4 nitrogen and oxygen atoms in total. The first-order valence-electron chi connectivity index (χ1n) is 4.17. The minimum Gasteiger partial charge on any atom is -0.480 e. The highest BCUT2D eigenvalue weighted by atomic mass is 32.1. The van der Waals surface area contributed by atoms with Crippen molar-refractivity contribution >= 4 is 18.5 Å². The second kappa shape index (κ2) is 5.49. The van der Waals surface area contributed by atoms with E-state index in [-0.39, 0.29) is 5.91 Å².